The molecule has 0 aliphatic carbocycles. The van der Waals surface area contributed by atoms with Crippen molar-refractivity contribution in [1.29, 1.82) is 0 Å². The van der Waals surface area contributed by atoms with Crippen molar-refractivity contribution >= 4 is 22.4 Å². The lowest BCUT2D eigenvalue weighted by Crippen LogP contribution is -2.12. The Labute approximate surface area is 146 Å². The van der Waals surface area contributed by atoms with Crippen LogP contribution < -0.4 is 5.32 Å². The summed E-state index contributed by atoms with van der Waals surface area (Å²) in [6.07, 6.45) is 1.78. The number of carbonyl (C=O) groups excluding carboxylic acids is 1. The van der Waals surface area contributed by atoms with Crippen molar-refractivity contribution in [1.82, 2.24) is 9.97 Å². The molecule has 3 rings (SSSR count). The number of aryl methyl sites for hydroxylation is 3. The molecule has 0 aliphatic heterocycles. The zero-order chi connectivity index (χ0) is 18.0. The molecule has 0 radical (unpaired) electrons. The highest BCUT2D eigenvalue weighted by molar-refractivity contribution is 7.15. The van der Waals surface area contributed by atoms with Crippen LogP contribution in [0, 0.1) is 25.5 Å². The van der Waals surface area contributed by atoms with Gasteiger partial charge in [0, 0.05) is 23.8 Å². The molecule has 1 aromatic carbocycles. The number of carbonyl (C=O) groups is 1. The Morgan fingerprint density at radius 3 is 2.80 bits per heavy atom. The molecule has 25 heavy (non-hydrogen) atoms. The van der Waals surface area contributed by atoms with E-state index in [0.717, 1.165) is 22.7 Å². The summed E-state index contributed by atoms with van der Waals surface area (Å²) >= 11 is 1.41. The summed E-state index contributed by atoms with van der Waals surface area (Å²) < 4.78 is 32.1. The van der Waals surface area contributed by atoms with E-state index in [1.165, 1.54) is 23.6 Å². The van der Waals surface area contributed by atoms with Gasteiger partial charge in [0.1, 0.15) is 11.6 Å². The largest absolute Gasteiger partial charge is 0.441 e. The van der Waals surface area contributed by atoms with E-state index in [1.807, 2.05) is 13.8 Å². The van der Waals surface area contributed by atoms with Crippen LogP contribution in [0.3, 0.4) is 0 Å². The van der Waals surface area contributed by atoms with E-state index in [4.69, 9.17) is 4.42 Å². The van der Waals surface area contributed by atoms with Crippen molar-refractivity contribution in [3.8, 4) is 11.3 Å². The van der Waals surface area contributed by atoms with Gasteiger partial charge in [-0.3, -0.25) is 4.79 Å². The SMILES string of the molecule is Cc1nc(NC(=O)CCc2ncc(-c3ccc(F)cc3F)o2)sc1C. The average Bonchev–Trinajstić information content (AvgIpc) is 3.12. The van der Waals surface area contributed by atoms with Crippen LogP contribution in [0.1, 0.15) is 22.9 Å². The number of benzene rings is 1. The third kappa shape index (κ3) is 4.08. The lowest BCUT2D eigenvalue weighted by atomic mass is 10.2. The topological polar surface area (TPSA) is 68.0 Å². The molecule has 3 aromatic rings. The Bertz CT molecular complexity index is 901. The van der Waals surface area contributed by atoms with E-state index >= 15 is 0 Å². The van der Waals surface area contributed by atoms with Gasteiger partial charge in [-0.1, -0.05) is 0 Å². The van der Waals surface area contributed by atoms with E-state index in [9.17, 15) is 13.6 Å². The highest BCUT2D eigenvalue weighted by atomic mass is 32.1. The standard InChI is InChI=1S/C17H15F2N3O2S/c1-9-10(2)25-17(21-9)22-15(23)5-6-16-20-8-14(24-16)12-4-3-11(18)7-13(12)19/h3-4,7-8H,5-6H2,1-2H3,(H,21,22,23). The number of anilines is 1. The summed E-state index contributed by atoms with van der Waals surface area (Å²) in [5, 5.41) is 3.28. The Morgan fingerprint density at radius 2 is 2.12 bits per heavy atom. The predicted octanol–water partition coefficient (Wildman–Crippen LogP) is 4.26. The van der Waals surface area contributed by atoms with Gasteiger partial charge in [-0.2, -0.15) is 0 Å². The number of hydrogen-bond donors (Lipinski definition) is 1. The van der Waals surface area contributed by atoms with Crippen molar-refractivity contribution in [3.63, 3.8) is 0 Å². The molecule has 8 heteroatoms. The minimum absolute atomic E-state index is 0.123. The van der Waals surface area contributed by atoms with Crippen LogP contribution in [-0.4, -0.2) is 15.9 Å². The number of aromatic nitrogens is 2. The first-order valence-electron chi connectivity index (χ1n) is 7.56. The first kappa shape index (κ1) is 17.2. The maximum atomic E-state index is 13.7. The molecule has 130 valence electrons. The lowest BCUT2D eigenvalue weighted by molar-refractivity contribution is -0.116. The van der Waals surface area contributed by atoms with Crippen LogP contribution in [0.15, 0.2) is 28.8 Å². The van der Waals surface area contributed by atoms with Gasteiger partial charge in [-0.05, 0) is 26.0 Å². The molecule has 5 nitrogen and oxygen atoms in total. The molecule has 0 saturated carbocycles. The van der Waals surface area contributed by atoms with Crippen molar-refractivity contribution in [3.05, 3.63) is 52.5 Å². The van der Waals surface area contributed by atoms with Crippen molar-refractivity contribution in [2.24, 2.45) is 0 Å². The second-order valence-corrected chi connectivity index (χ2v) is 6.65. The van der Waals surface area contributed by atoms with Crippen molar-refractivity contribution in [2.75, 3.05) is 5.32 Å². The van der Waals surface area contributed by atoms with Crippen LogP contribution in [0.25, 0.3) is 11.3 Å². The van der Waals surface area contributed by atoms with Gasteiger partial charge in [-0.25, -0.2) is 18.7 Å². The number of halogens is 2. The van der Waals surface area contributed by atoms with E-state index in [1.54, 1.807) is 0 Å². The van der Waals surface area contributed by atoms with E-state index in [2.05, 4.69) is 15.3 Å². The van der Waals surface area contributed by atoms with E-state index in [0.29, 0.717) is 11.0 Å². The third-order valence-electron chi connectivity index (χ3n) is 3.59. The second-order valence-electron chi connectivity index (χ2n) is 5.45. The molecule has 2 heterocycles. The van der Waals surface area contributed by atoms with Gasteiger partial charge in [0.25, 0.3) is 0 Å². The Kier molecular flexibility index (Phi) is 4.89. The summed E-state index contributed by atoms with van der Waals surface area (Å²) in [5.74, 6) is -1.10. The number of nitrogens with one attached hydrogen (secondary N) is 1. The van der Waals surface area contributed by atoms with Gasteiger partial charge in [-0.15, -0.1) is 11.3 Å². The smallest absolute Gasteiger partial charge is 0.226 e. The Hall–Kier alpha value is -2.61. The minimum Gasteiger partial charge on any atom is -0.441 e. The quantitative estimate of drug-likeness (QED) is 0.735. The van der Waals surface area contributed by atoms with Crippen LogP contribution >= 0.6 is 11.3 Å². The monoisotopic (exact) mass is 363 g/mol. The second kappa shape index (κ2) is 7.10. The fourth-order valence-corrected chi connectivity index (χ4v) is 3.00. The summed E-state index contributed by atoms with van der Waals surface area (Å²) in [7, 11) is 0. The zero-order valence-electron chi connectivity index (χ0n) is 13.6. The predicted molar refractivity (Wildman–Crippen MR) is 90.4 cm³/mol. The lowest BCUT2D eigenvalue weighted by Gasteiger charge is -2.00. The summed E-state index contributed by atoms with van der Waals surface area (Å²) in [4.78, 5) is 21.3. The van der Waals surface area contributed by atoms with Crippen LogP contribution in [-0.2, 0) is 11.2 Å². The van der Waals surface area contributed by atoms with E-state index < -0.39 is 11.6 Å². The number of nitrogens with zero attached hydrogens (tertiary/aromatic N) is 2. The molecule has 0 fully saturated rings. The average molecular weight is 363 g/mol. The van der Waals surface area contributed by atoms with Gasteiger partial charge >= 0.3 is 0 Å². The molecule has 1 N–H and O–H groups in total. The Balaban J connectivity index is 1.60. The molecule has 0 spiro atoms. The van der Waals surface area contributed by atoms with Crippen LogP contribution in [0.4, 0.5) is 13.9 Å². The first-order chi connectivity index (χ1) is 11.9. The molecular formula is C17H15F2N3O2S. The number of rotatable bonds is 5. The highest BCUT2D eigenvalue weighted by Crippen LogP contribution is 2.25. The maximum Gasteiger partial charge on any atom is 0.226 e. The highest BCUT2D eigenvalue weighted by Gasteiger charge is 2.14. The van der Waals surface area contributed by atoms with Gasteiger partial charge < -0.3 is 9.73 Å². The van der Waals surface area contributed by atoms with Crippen LogP contribution in [0.5, 0.6) is 0 Å². The summed E-state index contributed by atoms with van der Waals surface area (Å²) in [6.45, 7) is 3.82. The number of amides is 1. The first-order valence-corrected chi connectivity index (χ1v) is 8.38. The normalized spacial score (nSPS) is 10.9. The fraction of sp³-hybridized carbons (Fsp3) is 0.235. The van der Waals surface area contributed by atoms with Gasteiger partial charge in [0.2, 0.25) is 5.91 Å². The van der Waals surface area contributed by atoms with Crippen molar-refractivity contribution < 1.29 is 18.0 Å². The molecule has 2 aromatic heterocycles. The van der Waals surface area contributed by atoms with E-state index in [-0.39, 0.29) is 30.1 Å². The molecule has 0 atom stereocenters. The maximum absolute atomic E-state index is 13.7. The molecule has 0 aliphatic rings. The number of thiazole rings is 1. The molecule has 0 bridgehead atoms. The minimum atomic E-state index is -0.727. The van der Waals surface area contributed by atoms with Crippen molar-refractivity contribution in [2.45, 2.75) is 26.7 Å². The Morgan fingerprint density at radius 1 is 1.32 bits per heavy atom. The summed E-state index contributed by atoms with van der Waals surface area (Å²) in [6, 6.07) is 3.21. The fourth-order valence-electron chi connectivity index (χ4n) is 2.17. The summed E-state index contributed by atoms with van der Waals surface area (Å²) in [5.41, 5.74) is 1.01. The van der Waals surface area contributed by atoms with Crippen LogP contribution in [0.2, 0.25) is 0 Å². The molecular weight excluding hydrogens is 348 g/mol. The molecule has 0 unspecified atom stereocenters. The molecule has 0 saturated heterocycles. The van der Waals surface area contributed by atoms with Gasteiger partial charge in [0.05, 0.1) is 17.5 Å². The zero-order valence-corrected chi connectivity index (χ0v) is 14.4. The number of hydrogen-bond acceptors (Lipinski definition) is 5. The van der Waals surface area contributed by atoms with Gasteiger partial charge in [0.15, 0.2) is 16.8 Å². The third-order valence-corrected chi connectivity index (χ3v) is 4.58. The molecule has 1 amide bonds. The number of oxazole rings is 1.